The van der Waals surface area contributed by atoms with Crippen LogP contribution in [0.15, 0.2) is 72.8 Å². The number of benzene rings is 3. The molecule has 1 aliphatic carbocycles. The van der Waals surface area contributed by atoms with Crippen molar-refractivity contribution in [2.24, 2.45) is 5.92 Å². The summed E-state index contributed by atoms with van der Waals surface area (Å²) < 4.78 is 10.4. The van der Waals surface area contributed by atoms with Crippen molar-refractivity contribution >= 4 is 17.8 Å². The summed E-state index contributed by atoms with van der Waals surface area (Å²) in [4.78, 5) is 36.8. The van der Waals surface area contributed by atoms with Gasteiger partial charge in [0.15, 0.2) is 5.78 Å². The van der Waals surface area contributed by atoms with Crippen molar-refractivity contribution in [2.45, 2.75) is 45.1 Å². The molecule has 6 nitrogen and oxygen atoms in total. The number of alkyl carbamates (subject to hydrolysis) is 1. The van der Waals surface area contributed by atoms with Gasteiger partial charge >= 0.3 is 12.1 Å². The first-order valence-corrected chi connectivity index (χ1v) is 12.7. The van der Waals surface area contributed by atoms with Gasteiger partial charge in [0.25, 0.3) is 0 Å². The lowest BCUT2D eigenvalue weighted by atomic mass is 9.95. The zero-order valence-electron chi connectivity index (χ0n) is 21.5. The number of rotatable bonds is 10. The molecule has 1 amide bonds. The van der Waals surface area contributed by atoms with E-state index in [2.05, 4.69) is 34.3 Å². The van der Waals surface area contributed by atoms with E-state index in [4.69, 9.17) is 4.74 Å². The van der Waals surface area contributed by atoms with Gasteiger partial charge in [-0.15, -0.1) is 0 Å². The van der Waals surface area contributed by atoms with Crippen molar-refractivity contribution in [1.29, 1.82) is 0 Å². The first kappa shape index (κ1) is 26.1. The highest BCUT2D eigenvalue weighted by molar-refractivity contribution is 5.89. The summed E-state index contributed by atoms with van der Waals surface area (Å²) in [5.74, 6) is -0.435. The van der Waals surface area contributed by atoms with Crippen LogP contribution in [0.5, 0.6) is 0 Å². The summed E-state index contributed by atoms with van der Waals surface area (Å²) in [5, 5.41) is 2.63. The molecule has 0 bridgehead atoms. The number of carbonyl (C=O) groups excluding carboxylic acids is 3. The predicted molar refractivity (Wildman–Crippen MR) is 142 cm³/mol. The molecule has 0 aliphatic heterocycles. The fourth-order valence-corrected chi connectivity index (χ4v) is 4.84. The number of carbonyl (C=O) groups is 3. The zero-order valence-corrected chi connectivity index (χ0v) is 21.5. The largest absolute Gasteiger partial charge is 0.465 e. The molecule has 0 radical (unpaired) electrons. The van der Waals surface area contributed by atoms with Gasteiger partial charge in [-0.2, -0.15) is 0 Å². The van der Waals surface area contributed by atoms with Crippen LogP contribution in [-0.2, 0) is 31.9 Å². The second-order valence-electron chi connectivity index (χ2n) is 9.68. The highest BCUT2D eigenvalue weighted by Gasteiger charge is 2.29. The third-order valence-electron chi connectivity index (χ3n) is 6.84. The van der Waals surface area contributed by atoms with E-state index in [9.17, 15) is 14.4 Å². The Morgan fingerprint density at radius 2 is 1.41 bits per heavy atom. The van der Waals surface area contributed by atoms with Gasteiger partial charge < -0.3 is 14.8 Å². The molecule has 0 aromatic heterocycles. The summed E-state index contributed by atoms with van der Waals surface area (Å²) in [6.45, 7) is 3.94. The van der Waals surface area contributed by atoms with Crippen LogP contribution in [-0.4, -0.2) is 37.6 Å². The number of hydrogen-bond acceptors (Lipinski definition) is 5. The topological polar surface area (TPSA) is 81.7 Å². The fraction of sp³-hybridized carbons (Fsp3) is 0.323. The molecule has 6 heteroatoms. The zero-order chi connectivity index (χ0) is 26.4. The van der Waals surface area contributed by atoms with Gasteiger partial charge in [-0.25, -0.2) is 4.79 Å². The molecule has 4 rings (SSSR count). The maximum absolute atomic E-state index is 12.6. The Kier molecular flexibility index (Phi) is 8.39. The van der Waals surface area contributed by atoms with Crippen molar-refractivity contribution in [1.82, 2.24) is 5.32 Å². The smallest absolute Gasteiger partial charge is 0.407 e. The lowest BCUT2D eigenvalue weighted by Crippen LogP contribution is -2.44. The molecule has 0 spiro atoms. The van der Waals surface area contributed by atoms with E-state index in [0.29, 0.717) is 19.4 Å². The number of Topliss-reactive ketones (excluding diaryl/α,β-unsaturated/α-hetero) is 1. The van der Waals surface area contributed by atoms with Gasteiger partial charge in [0.05, 0.1) is 13.2 Å². The molecule has 0 fully saturated rings. The molecule has 1 aliphatic rings. The lowest BCUT2D eigenvalue weighted by molar-refractivity contribution is -0.143. The molecule has 37 heavy (non-hydrogen) atoms. The number of methoxy groups -OCH3 is 1. The molecule has 192 valence electrons. The van der Waals surface area contributed by atoms with Gasteiger partial charge in [-0.1, -0.05) is 86.6 Å². The Morgan fingerprint density at radius 1 is 0.838 bits per heavy atom. The highest BCUT2D eigenvalue weighted by atomic mass is 16.5. The number of amides is 1. The summed E-state index contributed by atoms with van der Waals surface area (Å²) in [6.07, 6.45) is 0.594. The quantitative estimate of drug-likeness (QED) is 0.374. The fourth-order valence-electron chi connectivity index (χ4n) is 4.84. The summed E-state index contributed by atoms with van der Waals surface area (Å²) in [7, 11) is 1.28. The maximum atomic E-state index is 12.6. The van der Waals surface area contributed by atoms with E-state index in [1.807, 2.05) is 48.5 Å². The van der Waals surface area contributed by atoms with Crippen molar-refractivity contribution in [3.05, 3.63) is 95.1 Å². The van der Waals surface area contributed by atoms with Gasteiger partial charge in [-0.3, -0.25) is 9.59 Å². The van der Waals surface area contributed by atoms with Crippen LogP contribution in [0.25, 0.3) is 11.1 Å². The third kappa shape index (κ3) is 6.26. The summed E-state index contributed by atoms with van der Waals surface area (Å²) in [6, 6.07) is 23.6. The minimum Gasteiger partial charge on any atom is -0.465 e. The Morgan fingerprint density at radius 3 is 1.97 bits per heavy atom. The van der Waals surface area contributed by atoms with E-state index >= 15 is 0 Å². The number of nitrogens with one attached hydrogen (secondary N) is 1. The highest BCUT2D eigenvalue weighted by Crippen LogP contribution is 2.44. The SMILES string of the molecule is COC(=O)N[C@@H](Cc1ccc(CCC(=O)OCC2c3ccccc3-c3ccccc32)cc1)C(=O)C(C)C. The van der Waals surface area contributed by atoms with E-state index in [-0.39, 0.29) is 30.0 Å². The van der Waals surface area contributed by atoms with Crippen molar-refractivity contribution in [3.63, 3.8) is 0 Å². The van der Waals surface area contributed by atoms with E-state index in [0.717, 1.165) is 11.1 Å². The van der Waals surface area contributed by atoms with Crippen LogP contribution in [0.4, 0.5) is 4.79 Å². The maximum Gasteiger partial charge on any atom is 0.407 e. The molecule has 1 atom stereocenters. The first-order valence-electron chi connectivity index (χ1n) is 12.7. The summed E-state index contributed by atoms with van der Waals surface area (Å²) in [5.41, 5.74) is 6.73. The average Bonchev–Trinajstić information content (AvgIpc) is 3.24. The van der Waals surface area contributed by atoms with E-state index < -0.39 is 12.1 Å². The molecule has 3 aromatic carbocycles. The van der Waals surface area contributed by atoms with Crippen LogP contribution in [0.3, 0.4) is 0 Å². The number of esters is 1. The molecular formula is C31H33NO5. The third-order valence-corrected chi connectivity index (χ3v) is 6.84. The van der Waals surface area contributed by atoms with Crippen molar-refractivity contribution in [2.75, 3.05) is 13.7 Å². The molecule has 0 heterocycles. The normalized spacial score (nSPS) is 13.0. The van der Waals surface area contributed by atoms with Crippen LogP contribution >= 0.6 is 0 Å². The monoisotopic (exact) mass is 499 g/mol. The molecule has 0 saturated carbocycles. The standard InChI is InChI=1S/C31H33NO5/c1-20(2)30(34)28(32-31(35)36-3)18-22-14-12-21(13-15-22)16-17-29(33)37-19-27-25-10-6-4-8-23(25)24-9-5-7-11-26(24)27/h4-15,20,27-28H,16-19H2,1-3H3,(H,32,35)/t28-/m0/s1. The number of aryl methyl sites for hydroxylation is 1. The summed E-state index contributed by atoms with van der Waals surface area (Å²) >= 11 is 0. The van der Waals surface area contributed by atoms with E-state index in [1.165, 1.54) is 29.4 Å². The first-order chi connectivity index (χ1) is 17.9. The van der Waals surface area contributed by atoms with Crippen molar-refractivity contribution in [3.8, 4) is 11.1 Å². The van der Waals surface area contributed by atoms with Gasteiger partial charge in [0, 0.05) is 18.3 Å². The van der Waals surface area contributed by atoms with Crippen LogP contribution in [0.1, 0.15) is 48.4 Å². The van der Waals surface area contributed by atoms with Crippen LogP contribution in [0, 0.1) is 5.92 Å². The minimum absolute atomic E-state index is 0.0512. The van der Waals surface area contributed by atoms with Gasteiger partial charge in [0.2, 0.25) is 0 Å². The van der Waals surface area contributed by atoms with E-state index in [1.54, 1.807) is 13.8 Å². The molecule has 0 saturated heterocycles. The number of hydrogen-bond donors (Lipinski definition) is 1. The molecular weight excluding hydrogens is 466 g/mol. The minimum atomic E-state index is -0.654. The van der Waals surface area contributed by atoms with Crippen molar-refractivity contribution < 1.29 is 23.9 Å². The second-order valence-corrected chi connectivity index (χ2v) is 9.68. The Hall–Kier alpha value is -3.93. The van der Waals surface area contributed by atoms with Crippen LogP contribution < -0.4 is 5.32 Å². The van der Waals surface area contributed by atoms with Crippen LogP contribution in [0.2, 0.25) is 0 Å². The molecule has 3 aromatic rings. The second kappa shape index (κ2) is 11.9. The lowest BCUT2D eigenvalue weighted by Gasteiger charge is -2.19. The molecule has 1 N–H and O–H groups in total. The molecule has 0 unspecified atom stereocenters. The number of ether oxygens (including phenoxy) is 2. The Bertz CT molecular complexity index is 1220. The van der Waals surface area contributed by atoms with Gasteiger partial charge in [0.1, 0.15) is 6.61 Å². The average molecular weight is 500 g/mol. The Labute approximate surface area is 218 Å². The predicted octanol–water partition coefficient (Wildman–Crippen LogP) is 5.47. The Balaban J connectivity index is 1.30. The van der Waals surface area contributed by atoms with Gasteiger partial charge in [-0.05, 0) is 46.2 Å². The number of ketones is 1. The number of fused-ring (bicyclic) bond motifs is 3.